The van der Waals surface area contributed by atoms with E-state index in [1.54, 1.807) is 11.0 Å². The molecule has 1 aromatic rings. The van der Waals surface area contributed by atoms with Gasteiger partial charge >= 0.3 is 5.97 Å². The third kappa shape index (κ3) is 2.42. The lowest BCUT2D eigenvalue weighted by Crippen LogP contribution is -2.31. The number of methoxy groups -OCH3 is 1. The third-order valence-electron chi connectivity index (χ3n) is 3.98. The van der Waals surface area contributed by atoms with Gasteiger partial charge in [-0.15, -0.1) is 0 Å². The van der Waals surface area contributed by atoms with Gasteiger partial charge < -0.3 is 14.2 Å². The normalized spacial score (nSPS) is 22.1. The summed E-state index contributed by atoms with van der Waals surface area (Å²) in [6, 6.07) is 2.12. The number of aromatic nitrogens is 1. The Kier molecular flexibility index (Phi) is 3.46. The van der Waals surface area contributed by atoms with Crippen molar-refractivity contribution in [3.05, 3.63) is 23.0 Å². The molecule has 2 fully saturated rings. The van der Waals surface area contributed by atoms with E-state index < -0.39 is 0 Å². The molecular weight excluding hydrogens is 280 g/mol. The Hall–Kier alpha value is -1.49. The summed E-state index contributed by atoms with van der Waals surface area (Å²) < 4.78 is 6.71. The van der Waals surface area contributed by atoms with Gasteiger partial charge in [-0.05, 0) is 25.3 Å². The van der Waals surface area contributed by atoms with Gasteiger partial charge in [-0.2, -0.15) is 0 Å². The molecule has 3 rings (SSSR count). The summed E-state index contributed by atoms with van der Waals surface area (Å²) in [6.45, 7) is 1.02. The highest BCUT2D eigenvalue weighted by atomic mass is 35.5. The van der Waals surface area contributed by atoms with Crippen molar-refractivity contribution in [2.75, 3.05) is 20.2 Å². The van der Waals surface area contributed by atoms with Gasteiger partial charge in [-0.1, -0.05) is 11.6 Å². The minimum Gasteiger partial charge on any atom is -0.469 e. The highest BCUT2D eigenvalue weighted by molar-refractivity contribution is 6.31. The smallest absolute Gasteiger partial charge is 0.310 e. The van der Waals surface area contributed by atoms with Crippen molar-refractivity contribution in [1.82, 2.24) is 9.47 Å². The number of amides is 1. The maximum Gasteiger partial charge on any atom is 0.310 e. The van der Waals surface area contributed by atoms with Crippen LogP contribution < -0.4 is 0 Å². The van der Waals surface area contributed by atoms with Gasteiger partial charge in [-0.25, -0.2) is 0 Å². The lowest BCUT2D eigenvalue weighted by Gasteiger charge is -2.17. The first kappa shape index (κ1) is 13.5. The number of hydrogen-bond acceptors (Lipinski definition) is 3. The van der Waals surface area contributed by atoms with E-state index in [1.807, 2.05) is 10.8 Å². The van der Waals surface area contributed by atoms with Crippen molar-refractivity contribution in [1.29, 1.82) is 0 Å². The van der Waals surface area contributed by atoms with Crippen molar-refractivity contribution in [2.45, 2.75) is 25.3 Å². The fourth-order valence-corrected chi connectivity index (χ4v) is 2.95. The Labute approximate surface area is 122 Å². The largest absolute Gasteiger partial charge is 0.469 e. The van der Waals surface area contributed by atoms with Crippen molar-refractivity contribution < 1.29 is 14.3 Å². The number of nitrogens with zero attached hydrogens (tertiary/aromatic N) is 2. The zero-order chi connectivity index (χ0) is 14.3. The second kappa shape index (κ2) is 5.13. The van der Waals surface area contributed by atoms with Crippen LogP contribution in [0.15, 0.2) is 12.3 Å². The number of likely N-dealkylation sites (tertiary alicyclic amines) is 1. The fourth-order valence-electron chi connectivity index (χ4n) is 2.74. The summed E-state index contributed by atoms with van der Waals surface area (Å²) in [5, 5.41) is 0.587. The Morgan fingerprint density at radius 2 is 2.10 bits per heavy atom. The summed E-state index contributed by atoms with van der Waals surface area (Å²) in [5.41, 5.74) is 0.628. The molecule has 2 heterocycles. The summed E-state index contributed by atoms with van der Waals surface area (Å²) in [4.78, 5) is 25.8. The molecule has 0 radical (unpaired) electrons. The zero-order valence-electron chi connectivity index (χ0n) is 11.3. The maximum atomic E-state index is 12.6. The highest BCUT2D eigenvalue weighted by Gasteiger charge is 2.35. The zero-order valence-corrected chi connectivity index (χ0v) is 12.1. The van der Waals surface area contributed by atoms with E-state index in [0.717, 1.165) is 12.8 Å². The standard InChI is InChI=1S/C14H17ClN2O3/c1-20-14(19)9-4-5-16(7-9)13(18)12-6-10(15)8-17(12)11-2-3-11/h6,8-9,11H,2-5,7H2,1H3. The molecule has 1 unspecified atom stereocenters. The molecule has 1 aromatic heterocycles. The van der Waals surface area contributed by atoms with Gasteiger partial charge in [0.2, 0.25) is 0 Å². The summed E-state index contributed by atoms with van der Waals surface area (Å²) in [7, 11) is 1.38. The molecule has 6 heteroatoms. The van der Waals surface area contributed by atoms with E-state index in [9.17, 15) is 9.59 Å². The van der Waals surface area contributed by atoms with Gasteiger partial charge in [0.15, 0.2) is 0 Å². The minimum atomic E-state index is -0.240. The lowest BCUT2D eigenvalue weighted by atomic mass is 10.1. The van der Waals surface area contributed by atoms with Gasteiger partial charge in [0.25, 0.3) is 5.91 Å². The predicted molar refractivity (Wildman–Crippen MR) is 73.7 cm³/mol. The number of carbonyl (C=O) groups excluding carboxylic acids is 2. The van der Waals surface area contributed by atoms with Crippen LogP contribution in [0.3, 0.4) is 0 Å². The molecule has 0 bridgehead atoms. The number of esters is 1. The molecule has 1 atom stereocenters. The highest BCUT2D eigenvalue weighted by Crippen LogP contribution is 2.38. The molecule has 0 N–H and O–H groups in total. The molecule has 1 aliphatic heterocycles. The first-order valence-electron chi connectivity index (χ1n) is 6.84. The number of halogens is 1. The molecule has 1 aliphatic carbocycles. The van der Waals surface area contributed by atoms with Crippen molar-refractivity contribution in [2.24, 2.45) is 5.92 Å². The number of rotatable bonds is 3. The molecule has 1 saturated heterocycles. The lowest BCUT2D eigenvalue weighted by molar-refractivity contribution is -0.144. The number of carbonyl (C=O) groups is 2. The minimum absolute atomic E-state index is 0.0461. The van der Waals surface area contributed by atoms with Crippen molar-refractivity contribution in [3.63, 3.8) is 0 Å². The van der Waals surface area contributed by atoms with Crippen LogP contribution in [-0.4, -0.2) is 41.5 Å². The Morgan fingerprint density at radius 3 is 2.75 bits per heavy atom. The van der Waals surface area contributed by atoms with E-state index in [-0.39, 0.29) is 17.8 Å². The van der Waals surface area contributed by atoms with Crippen molar-refractivity contribution >= 4 is 23.5 Å². The van der Waals surface area contributed by atoms with Gasteiger partial charge in [0, 0.05) is 25.3 Å². The molecule has 0 aromatic carbocycles. The van der Waals surface area contributed by atoms with Crippen LogP contribution in [0.1, 0.15) is 35.8 Å². The van der Waals surface area contributed by atoms with Gasteiger partial charge in [0.1, 0.15) is 5.69 Å². The van der Waals surface area contributed by atoms with Crippen LogP contribution in [0.2, 0.25) is 5.02 Å². The van der Waals surface area contributed by atoms with Crippen LogP contribution in [-0.2, 0) is 9.53 Å². The number of ether oxygens (including phenoxy) is 1. The topological polar surface area (TPSA) is 51.5 Å². The van der Waals surface area contributed by atoms with Crippen LogP contribution in [0.25, 0.3) is 0 Å². The molecule has 1 amide bonds. The van der Waals surface area contributed by atoms with Gasteiger partial charge in [0.05, 0.1) is 18.1 Å². The Bertz CT molecular complexity index is 551. The van der Waals surface area contributed by atoms with E-state index in [2.05, 4.69) is 0 Å². The van der Waals surface area contributed by atoms with E-state index in [1.165, 1.54) is 7.11 Å². The molecule has 20 heavy (non-hydrogen) atoms. The first-order chi connectivity index (χ1) is 9.60. The molecule has 108 valence electrons. The monoisotopic (exact) mass is 296 g/mol. The molecule has 2 aliphatic rings. The second-order valence-corrected chi connectivity index (χ2v) is 5.88. The Morgan fingerprint density at radius 1 is 1.35 bits per heavy atom. The average molecular weight is 297 g/mol. The number of hydrogen-bond donors (Lipinski definition) is 0. The van der Waals surface area contributed by atoms with Crippen LogP contribution in [0.4, 0.5) is 0 Å². The molecule has 1 saturated carbocycles. The summed E-state index contributed by atoms with van der Waals surface area (Å²) >= 11 is 6.02. The van der Waals surface area contributed by atoms with E-state index >= 15 is 0 Å². The quantitative estimate of drug-likeness (QED) is 0.803. The van der Waals surface area contributed by atoms with Crippen LogP contribution in [0, 0.1) is 5.92 Å². The third-order valence-corrected chi connectivity index (χ3v) is 4.19. The van der Waals surface area contributed by atoms with Crippen molar-refractivity contribution in [3.8, 4) is 0 Å². The SMILES string of the molecule is COC(=O)C1CCN(C(=O)c2cc(Cl)cn2C2CC2)C1. The second-order valence-electron chi connectivity index (χ2n) is 5.44. The maximum absolute atomic E-state index is 12.6. The van der Waals surface area contributed by atoms with E-state index in [4.69, 9.17) is 16.3 Å². The molecule has 0 spiro atoms. The average Bonchev–Trinajstić information content (AvgIpc) is 3.03. The summed E-state index contributed by atoms with van der Waals surface area (Å²) in [5.74, 6) is -0.491. The summed E-state index contributed by atoms with van der Waals surface area (Å²) in [6.07, 6.45) is 4.67. The molecule has 5 nitrogen and oxygen atoms in total. The first-order valence-corrected chi connectivity index (χ1v) is 7.22. The molecular formula is C14H17ClN2O3. The predicted octanol–water partition coefficient (Wildman–Crippen LogP) is 2.11. The Balaban J connectivity index is 1.75. The van der Waals surface area contributed by atoms with E-state index in [0.29, 0.717) is 36.3 Å². The fraction of sp³-hybridized carbons (Fsp3) is 0.571. The van der Waals surface area contributed by atoms with Crippen LogP contribution in [0.5, 0.6) is 0 Å². The van der Waals surface area contributed by atoms with Crippen LogP contribution >= 0.6 is 11.6 Å². The van der Waals surface area contributed by atoms with Gasteiger partial charge in [-0.3, -0.25) is 9.59 Å².